The number of nitrogens with one attached hydrogen (secondary N) is 2. The number of aryl methyl sites for hydroxylation is 1. The van der Waals surface area contributed by atoms with Gasteiger partial charge < -0.3 is 15.8 Å². The van der Waals surface area contributed by atoms with Gasteiger partial charge in [-0.2, -0.15) is 0 Å². The number of nitrogens with two attached hydrogens (primary N) is 1. The van der Waals surface area contributed by atoms with Crippen LogP contribution < -0.4 is 20.5 Å². The van der Waals surface area contributed by atoms with Crippen LogP contribution in [0.1, 0.15) is 29.4 Å². The number of nitrogen functional groups attached to an aromatic ring is 1. The molecule has 0 unspecified atom stereocenters. The lowest BCUT2D eigenvalue weighted by Gasteiger charge is -2.11. The van der Waals surface area contributed by atoms with Crippen LogP contribution in [0.25, 0.3) is 0 Å². The Balaban J connectivity index is 1.68. The van der Waals surface area contributed by atoms with Gasteiger partial charge in [-0.15, -0.1) is 0 Å². The predicted molar refractivity (Wildman–Crippen MR) is 119 cm³/mol. The molecule has 3 rings (SSSR count). The van der Waals surface area contributed by atoms with Crippen LogP contribution in [0.4, 0.5) is 17.3 Å². The third kappa shape index (κ3) is 5.70. The van der Waals surface area contributed by atoms with Crippen LogP contribution in [-0.4, -0.2) is 30.9 Å². The van der Waals surface area contributed by atoms with Crippen molar-refractivity contribution < 1.29 is 17.9 Å². The Labute approximate surface area is 180 Å². The van der Waals surface area contributed by atoms with E-state index in [2.05, 4.69) is 20.0 Å². The van der Waals surface area contributed by atoms with Gasteiger partial charge in [-0.25, -0.2) is 23.1 Å². The third-order valence-corrected chi connectivity index (χ3v) is 5.52. The molecule has 0 atom stereocenters. The summed E-state index contributed by atoms with van der Waals surface area (Å²) in [7, 11) is -3.86. The van der Waals surface area contributed by atoms with Crippen molar-refractivity contribution in [1.29, 1.82) is 0 Å². The highest BCUT2D eigenvalue weighted by Crippen LogP contribution is 2.24. The average molecular weight is 442 g/mol. The molecule has 0 saturated heterocycles. The molecule has 0 radical (unpaired) electrons. The highest BCUT2D eigenvalue weighted by atomic mass is 32.2. The maximum Gasteiger partial charge on any atom is 0.264 e. The van der Waals surface area contributed by atoms with Gasteiger partial charge >= 0.3 is 0 Å². The molecule has 1 heterocycles. The number of rotatable bonds is 8. The van der Waals surface area contributed by atoms with Crippen LogP contribution in [0.5, 0.6) is 5.75 Å². The summed E-state index contributed by atoms with van der Waals surface area (Å²) in [5.74, 6) is 0.134. The summed E-state index contributed by atoms with van der Waals surface area (Å²) in [5.41, 5.74) is 7.74. The van der Waals surface area contributed by atoms with E-state index in [0.717, 1.165) is 6.42 Å². The second-order valence-electron chi connectivity index (χ2n) is 6.71. The van der Waals surface area contributed by atoms with Crippen molar-refractivity contribution in [2.45, 2.75) is 25.2 Å². The Kier molecular flexibility index (Phi) is 6.71. The summed E-state index contributed by atoms with van der Waals surface area (Å²) in [5, 5.41) is 2.71. The van der Waals surface area contributed by atoms with Crippen LogP contribution in [0.3, 0.4) is 0 Å². The van der Waals surface area contributed by atoms with E-state index < -0.39 is 10.0 Å². The molecule has 0 bridgehead atoms. The first kappa shape index (κ1) is 22.0. The number of sulfonamides is 1. The minimum Gasteiger partial charge on any atom is -0.491 e. The van der Waals surface area contributed by atoms with Crippen molar-refractivity contribution in [3.05, 3.63) is 66.0 Å². The zero-order valence-electron chi connectivity index (χ0n) is 17.1. The quantitative estimate of drug-likeness (QED) is 0.457. The van der Waals surface area contributed by atoms with Crippen LogP contribution in [0.2, 0.25) is 0 Å². The van der Waals surface area contributed by atoms with E-state index in [1.165, 1.54) is 36.5 Å². The van der Waals surface area contributed by atoms with Crippen molar-refractivity contribution in [1.82, 2.24) is 9.97 Å². The zero-order chi connectivity index (χ0) is 22.4. The minimum absolute atomic E-state index is 0.0114. The van der Waals surface area contributed by atoms with Gasteiger partial charge in [-0.1, -0.05) is 6.92 Å². The van der Waals surface area contributed by atoms with E-state index in [1.807, 2.05) is 6.92 Å². The first-order chi connectivity index (χ1) is 14.8. The van der Waals surface area contributed by atoms with E-state index >= 15 is 0 Å². The molecule has 162 valence electrons. The van der Waals surface area contributed by atoms with Crippen LogP contribution in [-0.2, 0) is 10.0 Å². The SMILES string of the molecule is CCCOc1ccc(C(=O)Nc2ccc(S(=O)(=O)Nc3nccc(C)n3)cc2)cc1N. The fourth-order valence-corrected chi connectivity index (χ4v) is 3.58. The fraction of sp³-hybridized carbons (Fsp3) is 0.190. The normalized spacial score (nSPS) is 11.0. The molecule has 0 saturated carbocycles. The summed E-state index contributed by atoms with van der Waals surface area (Å²) >= 11 is 0. The number of carbonyl (C=O) groups is 1. The first-order valence-corrected chi connectivity index (χ1v) is 11.0. The number of amides is 1. The lowest BCUT2D eigenvalue weighted by atomic mass is 10.1. The predicted octanol–water partition coefficient (Wildman–Crippen LogP) is 3.21. The summed E-state index contributed by atoms with van der Waals surface area (Å²) in [6.45, 7) is 4.26. The Morgan fingerprint density at radius 1 is 1.13 bits per heavy atom. The largest absolute Gasteiger partial charge is 0.491 e. The van der Waals surface area contributed by atoms with Gasteiger partial charge in [0.05, 0.1) is 17.2 Å². The Hall–Kier alpha value is -3.66. The molecule has 2 aromatic carbocycles. The van der Waals surface area contributed by atoms with Gasteiger partial charge in [0.15, 0.2) is 0 Å². The number of hydrogen-bond donors (Lipinski definition) is 3. The summed E-state index contributed by atoms with van der Waals surface area (Å²) < 4.78 is 32.8. The average Bonchev–Trinajstić information content (AvgIpc) is 2.73. The molecule has 3 aromatic rings. The van der Waals surface area contributed by atoms with Crippen molar-refractivity contribution in [3.63, 3.8) is 0 Å². The molecule has 1 aromatic heterocycles. The van der Waals surface area contributed by atoms with Crippen molar-refractivity contribution >= 4 is 33.3 Å². The van der Waals surface area contributed by atoms with Crippen LogP contribution in [0, 0.1) is 6.92 Å². The van der Waals surface area contributed by atoms with Gasteiger partial charge in [0.1, 0.15) is 5.75 Å². The fourth-order valence-electron chi connectivity index (χ4n) is 2.63. The maximum absolute atomic E-state index is 12.5. The second kappa shape index (κ2) is 9.43. The number of hydrogen-bond acceptors (Lipinski definition) is 7. The van der Waals surface area contributed by atoms with Crippen LogP contribution >= 0.6 is 0 Å². The molecule has 31 heavy (non-hydrogen) atoms. The molecule has 0 spiro atoms. The molecule has 1 amide bonds. The Morgan fingerprint density at radius 2 is 1.87 bits per heavy atom. The number of ether oxygens (including phenoxy) is 1. The number of aromatic nitrogens is 2. The topological polar surface area (TPSA) is 136 Å². The smallest absolute Gasteiger partial charge is 0.264 e. The van der Waals surface area contributed by atoms with Crippen molar-refractivity contribution in [3.8, 4) is 5.75 Å². The van der Waals surface area contributed by atoms with Gasteiger partial charge in [0.25, 0.3) is 15.9 Å². The number of benzene rings is 2. The first-order valence-electron chi connectivity index (χ1n) is 9.54. The lowest BCUT2D eigenvalue weighted by Crippen LogP contribution is -2.16. The van der Waals surface area contributed by atoms with E-state index in [9.17, 15) is 13.2 Å². The summed E-state index contributed by atoms with van der Waals surface area (Å²) in [4.78, 5) is 20.4. The van der Waals surface area contributed by atoms with Gasteiger partial charge in [0, 0.05) is 23.1 Å². The van der Waals surface area contributed by atoms with Crippen molar-refractivity contribution in [2.24, 2.45) is 0 Å². The van der Waals surface area contributed by atoms with Gasteiger partial charge in [-0.3, -0.25) is 4.79 Å². The number of carbonyl (C=O) groups excluding carboxylic acids is 1. The lowest BCUT2D eigenvalue weighted by molar-refractivity contribution is 0.102. The highest BCUT2D eigenvalue weighted by Gasteiger charge is 2.16. The molecule has 0 aliphatic carbocycles. The molecular weight excluding hydrogens is 418 g/mol. The Bertz CT molecular complexity index is 1180. The van der Waals surface area contributed by atoms with Gasteiger partial charge in [-0.05, 0) is 61.9 Å². The summed E-state index contributed by atoms with van der Waals surface area (Å²) in [6, 6.07) is 12.2. The molecule has 0 fully saturated rings. The molecule has 10 heteroatoms. The molecule has 9 nitrogen and oxygen atoms in total. The number of nitrogens with zero attached hydrogens (tertiary/aromatic N) is 2. The van der Waals surface area contributed by atoms with Crippen LogP contribution in [0.15, 0.2) is 59.6 Å². The highest BCUT2D eigenvalue weighted by molar-refractivity contribution is 7.92. The number of anilines is 3. The maximum atomic E-state index is 12.5. The Morgan fingerprint density at radius 3 is 2.52 bits per heavy atom. The standard InChI is InChI=1S/C21H23N5O4S/c1-3-12-30-19-9-4-15(13-18(19)22)20(27)25-16-5-7-17(8-6-16)31(28,29)26-21-23-11-10-14(2)24-21/h4-11,13H,3,12,22H2,1-2H3,(H,25,27)(H,23,24,26). The van der Waals surface area contributed by atoms with E-state index in [1.54, 1.807) is 25.1 Å². The van der Waals surface area contributed by atoms with E-state index in [4.69, 9.17) is 10.5 Å². The third-order valence-electron chi connectivity index (χ3n) is 4.18. The van der Waals surface area contributed by atoms with Gasteiger partial charge in [0.2, 0.25) is 5.95 Å². The summed E-state index contributed by atoms with van der Waals surface area (Å²) in [6.07, 6.45) is 2.31. The van der Waals surface area contributed by atoms with E-state index in [0.29, 0.717) is 35.0 Å². The van der Waals surface area contributed by atoms with E-state index in [-0.39, 0.29) is 16.8 Å². The monoisotopic (exact) mass is 441 g/mol. The molecular formula is C21H23N5O4S. The molecule has 0 aliphatic rings. The zero-order valence-corrected chi connectivity index (χ0v) is 17.9. The van der Waals surface area contributed by atoms with Crippen molar-refractivity contribution in [2.75, 3.05) is 22.4 Å². The minimum atomic E-state index is -3.86. The molecule has 4 N–H and O–H groups in total. The molecule has 0 aliphatic heterocycles. The second-order valence-corrected chi connectivity index (χ2v) is 8.39.